The van der Waals surface area contributed by atoms with E-state index in [4.69, 9.17) is 18.9 Å². The summed E-state index contributed by atoms with van der Waals surface area (Å²) in [4.78, 5) is 25.0. The molecule has 1 N–H and O–H groups in total. The van der Waals surface area contributed by atoms with Gasteiger partial charge in [0.05, 0.1) is 25.3 Å². The van der Waals surface area contributed by atoms with Gasteiger partial charge in [-0.2, -0.15) is 0 Å². The van der Waals surface area contributed by atoms with Crippen LogP contribution in [-0.4, -0.2) is 32.8 Å². The minimum atomic E-state index is -0.445. The summed E-state index contributed by atoms with van der Waals surface area (Å²) in [6.45, 7) is 0.141. The van der Waals surface area contributed by atoms with Gasteiger partial charge >= 0.3 is 0 Å². The molecule has 3 aromatic rings. The number of benzene rings is 3. The Kier molecular flexibility index (Phi) is 3.45. The average molecular weight is 377 g/mol. The number of fused-ring (bicyclic) bond motifs is 3. The largest absolute Gasteiger partial charge is 0.493 e. The van der Waals surface area contributed by atoms with E-state index in [0.29, 0.717) is 50.6 Å². The third kappa shape index (κ3) is 2.16. The molecule has 2 heterocycles. The number of methoxy groups -OCH3 is 2. The van der Waals surface area contributed by atoms with E-state index in [2.05, 4.69) is 5.32 Å². The van der Waals surface area contributed by atoms with Crippen molar-refractivity contribution in [2.75, 3.05) is 21.0 Å². The molecular weight excluding hydrogens is 362 g/mol. The molecule has 5 rings (SSSR count). The Morgan fingerprint density at radius 1 is 0.893 bits per heavy atom. The lowest BCUT2D eigenvalue weighted by Gasteiger charge is -2.17. The van der Waals surface area contributed by atoms with Crippen molar-refractivity contribution in [2.24, 2.45) is 0 Å². The van der Waals surface area contributed by atoms with Crippen LogP contribution in [0.1, 0.15) is 20.7 Å². The number of imide groups is 1. The van der Waals surface area contributed by atoms with E-state index >= 15 is 0 Å². The van der Waals surface area contributed by atoms with Gasteiger partial charge in [0.15, 0.2) is 23.0 Å². The molecule has 0 spiro atoms. The highest BCUT2D eigenvalue weighted by molar-refractivity contribution is 6.28. The summed E-state index contributed by atoms with van der Waals surface area (Å²) in [5, 5.41) is 3.82. The first-order valence-electron chi connectivity index (χ1n) is 8.59. The highest BCUT2D eigenvalue weighted by atomic mass is 16.7. The van der Waals surface area contributed by atoms with Crippen molar-refractivity contribution < 1.29 is 28.5 Å². The Morgan fingerprint density at radius 2 is 1.71 bits per heavy atom. The summed E-state index contributed by atoms with van der Waals surface area (Å²) in [5.74, 6) is 1.36. The van der Waals surface area contributed by atoms with Crippen LogP contribution >= 0.6 is 0 Å². The number of rotatable bonds is 3. The highest BCUT2D eigenvalue weighted by Gasteiger charge is 2.33. The smallest absolute Gasteiger partial charge is 0.259 e. The van der Waals surface area contributed by atoms with Crippen molar-refractivity contribution in [3.05, 3.63) is 47.5 Å². The van der Waals surface area contributed by atoms with Gasteiger partial charge in [0.2, 0.25) is 6.79 Å². The topological polar surface area (TPSA) is 83.1 Å². The monoisotopic (exact) mass is 377 g/mol. The van der Waals surface area contributed by atoms with E-state index in [1.54, 1.807) is 38.5 Å². The molecule has 7 nitrogen and oxygen atoms in total. The molecule has 2 aliphatic rings. The lowest BCUT2D eigenvalue weighted by Crippen LogP contribution is -2.20. The Balaban J connectivity index is 1.94. The highest BCUT2D eigenvalue weighted by Crippen LogP contribution is 2.46. The summed E-state index contributed by atoms with van der Waals surface area (Å²) < 4.78 is 22.0. The number of amides is 2. The van der Waals surface area contributed by atoms with Crippen molar-refractivity contribution >= 4 is 22.6 Å². The first kappa shape index (κ1) is 16.4. The molecule has 0 atom stereocenters. The van der Waals surface area contributed by atoms with E-state index < -0.39 is 11.8 Å². The van der Waals surface area contributed by atoms with E-state index in [9.17, 15) is 9.59 Å². The summed E-state index contributed by atoms with van der Waals surface area (Å²) in [5.41, 5.74) is 1.94. The summed E-state index contributed by atoms with van der Waals surface area (Å²) in [6, 6.07) is 10.7. The van der Waals surface area contributed by atoms with Gasteiger partial charge in [-0.25, -0.2) is 0 Å². The molecule has 0 aliphatic carbocycles. The molecule has 0 unspecified atom stereocenters. The van der Waals surface area contributed by atoms with Crippen LogP contribution in [0.4, 0.5) is 0 Å². The minimum Gasteiger partial charge on any atom is -0.493 e. The quantitative estimate of drug-likeness (QED) is 0.706. The number of hydrogen-bond acceptors (Lipinski definition) is 6. The molecule has 0 saturated carbocycles. The zero-order chi connectivity index (χ0) is 19.4. The van der Waals surface area contributed by atoms with E-state index in [-0.39, 0.29) is 6.79 Å². The molecular formula is C21H15NO6. The fourth-order valence-corrected chi connectivity index (χ4v) is 3.80. The first-order valence-corrected chi connectivity index (χ1v) is 8.59. The first-order chi connectivity index (χ1) is 13.6. The second kappa shape index (κ2) is 5.88. The fraction of sp³-hybridized carbons (Fsp3) is 0.143. The molecule has 7 heteroatoms. The van der Waals surface area contributed by atoms with Crippen LogP contribution in [-0.2, 0) is 0 Å². The van der Waals surface area contributed by atoms with Crippen LogP contribution in [0.2, 0.25) is 0 Å². The van der Waals surface area contributed by atoms with Gasteiger partial charge in [-0.3, -0.25) is 14.9 Å². The maximum absolute atomic E-state index is 12.6. The van der Waals surface area contributed by atoms with Crippen molar-refractivity contribution in [2.45, 2.75) is 0 Å². The lowest BCUT2D eigenvalue weighted by molar-refractivity contribution is 0.0880. The predicted octanol–water partition coefficient (Wildman–Crippen LogP) is 3.14. The van der Waals surface area contributed by atoms with Crippen molar-refractivity contribution in [3.63, 3.8) is 0 Å². The van der Waals surface area contributed by atoms with Crippen LogP contribution in [0, 0.1) is 0 Å². The molecule has 3 aromatic carbocycles. The van der Waals surface area contributed by atoms with Crippen LogP contribution in [0.15, 0.2) is 36.4 Å². The van der Waals surface area contributed by atoms with Gasteiger partial charge in [-0.1, -0.05) is 12.1 Å². The molecule has 28 heavy (non-hydrogen) atoms. The van der Waals surface area contributed by atoms with Gasteiger partial charge in [0.1, 0.15) is 0 Å². The maximum Gasteiger partial charge on any atom is 0.259 e. The van der Waals surface area contributed by atoms with E-state index in [1.807, 2.05) is 12.1 Å². The van der Waals surface area contributed by atoms with Gasteiger partial charge in [0.25, 0.3) is 11.8 Å². The van der Waals surface area contributed by atoms with Crippen LogP contribution in [0.5, 0.6) is 23.0 Å². The third-order valence-electron chi connectivity index (χ3n) is 5.01. The number of hydrogen-bond donors (Lipinski definition) is 1. The van der Waals surface area contributed by atoms with Crippen LogP contribution in [0.3, 0.4) is 0 Å². The van der Waals surface area contributed by atoms with E-state index in [1.165, 1.54) is 0 Å². The standard InChI is InChI=1S/C21H15NO6/c1-25-14-6-4-10-7-12-18(21(24)22-20(12)23)16(17(10)19(14)26-2)11-3-5-13-15(8-11)28-9-27-13/h3-8H,9H2,1-2H3,(H,22,23,24). The second-order valence-electron chi connectivity index (χ2n) is 6.42. The molecule has 0 fully saturated rings. The normalized spacial score (nSPS) is 14.2. The van der Waals surface area contributed by atoms with Gasteiger partial charge in [0, 0.05) is 10.9 Å². The number of nitrogens with one attached hydrogen (secondary N) is 1. The summed E-state index contributed by atoms with van der Waals surface area (Å²) >= 11 is 0. The number of carbonyl (C=O) groups excluding carboxylic acids is 2. The molecule has 0 bridgehead atoms. The van der Waals surface area contributed by atoms with Gasteiger partial charge in [-0.05, 0) is 35.2 Å². The van der Waals surface area contributed by atoms with E-state index in [0.717, 1.165) is 5.39 Å². The summed E-state index contributed by atoms with van der Waals surface area (Å²) in [7, 11) is 3.09. The average Bonchev–Trinajstić information content (AvgIpc) is 3.29. The SMILES string of the molecule is COc1ccc2cc3c(c(-c4ccc5c(c4)OCO5)c2c1OC)C(=O)NC3=O. The number of carbonyl (C=O) groups is 2. The van der Waals surface area contributed by atoms with Crippen molar-refractivity contribution in [1.82, 2.24) is 5.32 Å². The molecule has 0 radical (unpaired) electrons. The Hall–Kier alpha value is -3.74. The Labute approximate surface area is 159 Å². The molecule has 0 saturated heterocycles. The van der Waals surface area contributed by atoms with Crippen molar-refractivity contribution in [3.8, 4) is 34.1 Å². The van der Waals surface area contributed by atoms with Gasteiger partial charge < -0.3 is 18.9 Å². The van der Waals surface area contributed by atoms with Gasteiger partial charge in [-0.15, -0.1) is 0 Å². The maximum atomic E-state index is 12.6. The van der Waals surface area contributed by atoms with Crippen molar-refractivity contribution in [1.29, 1.82) is 0 Å². The lowest BCUT2D eigenvalue weighted by atomic mass is 9.89. The summed E-state index contributed by atoms with van der Waals surface area (Å²) in [6.07, 6.45) is 0. The zero-order valence-corrected chi connectivity index (χ0v) is 15.1. The molecule has 140 valence electrons. The minimum absolute atomic E-state index is 0.141. The molecule has 0 aromatic heterocycles. The molecule has 2 amide bonds. The third-order valence-corrected chi connectivity index (χ3v) is 5.01. The molecule has 2 aliphatic heterocycles. The second-order valence-corrected chi connectivity index (χ2v) is 6.42. The Morgan fingerprint density at radius 3 is 2.50 bits per heavy atom. The van der Waals surface area contributed by atoms with Crippen LogP contribution in [0.25, 0.3) is 21.9 Å². The fourth-order valence-electron chi connectivity index (χ4n) is 3.80. The number of ether oxygens (including phenoxy) is 4. The zero-order valence-electron chi connectivity index (χ0n) is 15.1. The Bertz CT molecular complexity index is 1180. The predicted molar refractivity (Wildman–Crippen MR) is 100 cm³/mol. The van der Waals surface area contributed by atoms with Crippen LogP contribution < -0.4 is 24.3 Å².